The van der Waals surface area contributed by atoms with Gasteiger partial charge >= 0.3 is 11.9 Å². The van der Waals surface area contributed by atoms with Crippen molar-refractivity contribution in [2.24, 2.45) is 23.7 Å². The van der Waals surface area contributed by atoms with Crippen molar-refractivity contribution in [1.82, 2.24) is 4.90 Å². The van der Waals surface area contributed by atoms with Crippen molar-refractivity contribution in [2.75, 3.05) is 25.1 Å². The number of fused-ring (bicyclic) bond motifs is 5. The van der Waals surface area contributed by atoms with Crippen LogP contribution in [0.1, 0.15) is 43.0 Å². The summed E-state index contributed by atoms with van der Waals surface area (Å²) in [5.41, 5.74) is 0.799. The van der Waals surface area contributed by atoms with E-state index in [1.807, 2.05) is 0 Å². The third kappa shape index (κ3) is 4.24. The number of hydrogen-bond donors (Lipinski definition) is 1. The van der Waals surface area contributed by atoms with Crippen molar-refractivity contribution in [1.29, 1.82) is 0 Å². The molecule has 0 spiro atoms. The Balaban J connectivity index is 1.20. The van der Waals surface area contributed by atoms with Crippen molar-refractivity contribution >= 4 is 35.3 Å². The van der Waals surface area contributed by atoms with E-state index in [9.17, 15) is 24.0 Å². The van der Waals surface area contributed by atoms with Gasteiger partial charge in [-0.15, -0.1) is 0 Å². The first-order valence-electron chi connectivity index (χ1n) is 11.0. The van der Waals surface area contributed by atoms with Crippen LogP contribution in [0.4, 0.5) is 5.69 Å². The summed E-state index contributed by atoms with van der Waals surface area (Å²) in [4.78, 5) is 62.1. The Hall–Kier alpha value is -3.23. The second-order valence-electron chi connectivity index (χ2n) is 8.47. The molecule has 1 N–H and O–H groups in total. The number of hydrogen-bond acceptors (Lipinski definition) is 7. The number of carbonyl (C=O) groups excluding carboxylic acids is 5. The predicted molar refractivity (Wildman–Crippen MR) is 111 cm³/mol. The summed E-state index contributed by atoms with van der Waals surface area (Å²) < 4.78 is 9.87. The second-order valence-corrected chi connectivity index (χ2v) is 8.47. The van der Waals surface area contributed by atoms with Crippen molar-refractivity contribution in [2.45, 2.75) is 32.6 Å². The molecule has 9 nitrogen and oxygen atoms in total. The van der Waals surface area contributed by atoms with Crippen LogP contribution >= 0.6 is 0 Å². The molecule has 32 heavy (non-hydrogen) atoms. The van der Waals surface area contributed by atoms with Crippen LogP contribution in [0.3, 0.4) is 0 Å². The number of rotatable bonds is 8. The molecule has 1 aromatic rings. The van der Waals surface area contributed by atoms with Crippen LogP contribution in [0.25, 0.3) is 0 Å². The number of nitrogens with zero attached hydrogens (tertiary/aromatic N) is 1. The molecule has 3 fully saturated rings. The average Bonchev–Trinajstić information content (AvgIpc) is 3.46. The predicted octanol–water partition coefficient (Wildman–Crippen LogP) is 1.77. The van der Waals surface area contributed by atoms with Gasteiger partial charge in [0.25, 0.3) is 5.91 Å². The van der Waals surface area contributed by atoms with Gasteiger partial charge < -0.3 is 14.8 Å². The molecule has 2 aliphatic carbocycles. The number of esters is 2. The molecular weight excluding hydrogens is 416 g/mol. The fourth-order valence-electron chi connectivity index (χ4n) is 5.21. The molecule has 170 valence electrons. The van der Waals surface area contributed by atoms with Crippen molar-refractivity contribution < 1.29 is 33.4 Å². The lowest BCUT2D eigenvalue weighted by Crippen LogP contribution is -2.35. The van der Waals surface area contributed by atoms with Gasteiger partial charge in [0.05, 0.1) is 30.4 Å². The number of carbonyl (C=O) groups is 5. The van der Waals surface area contributed by atoms with Gasteiger partial charge in [-0.3, -0.25) is 24.1 Å². The third-order valence-corrected chi connectivity index (χ3v) is 6.60. The van der Waals surface area contributed by atoms with Gasteiger partial charge in [0.2, 0.25) is 11.8 Å². The maximum Gasteiger partial charge on any atom is 0.338 e. The van der Waals surface area contributed by atoms with Crippen molar-refractivity contribution in [3.8, 4) is 0 Å². The number of benzene rings is 1. The van der Waals surface area contributed by atoms with Crippen LogP contribution in [-0.2, 0) is 28.7 Å². The molecule has 1 aromatic carbocycles. The largest absolute Gasteiger partial charge is 0.462 e. The number of amides is 3. The summed E-state index contributed by atoms with van der Waals surface area (Å²) in [6.07, 6.45) is 2.82. The first-order chi connectivity index (χ1) is 15.4. The van der Waals surface area contributed by atoms with E-state index in [-0.39, 0.29) is 43.2 Å². The van der Waals surface area contributed by atoms with Crippen LogP contribution in [-0.4, -0.2) is 54.3 Å². The Morgan fingerprint density at radius 2 is 1.62 bits per heavy atom. The lowest BCUT2D eigenvalue weighted by atomic mass is 9.81. The minimum Gasteiger partial charge on any atom is -0.462 e. The highest BCUT2D eigenvalue weighted by atomic mass is 16.5. The highest BCUT2D eigenvalue weighted by molar-refractivity contribution is 6.06. The molecule has 4 rings (SSSR count). The monoisotopic (exact) mass is 442 g/mol. The molecule has 3 aliphatic rings. The normalized spacial score (nSPS) is 25.6. The second kappa shape index (κ2) is 9.10. The Morgan fingerprint density at radius 1 is 1.00 bits per heavy atom. The molecule has 1 heterocycles. The minimum atomic E-state index is -0.654. The Bertz CT molecular complexity index is 914. The minimum absolute atomic E-state index is 0.0140. The van der Waals surface area contributed by atoms with Crippen molar-refractivity contribution in [3.63, 3.8) is 0 Å². The number of anilines is 1. The zero-order valence-corrected chi connectivity index (χ0v) is 17.9. The zero-order chi connectivity index (χ0) is 22.8. The van der Waals surface area contributed by atoms with Crippen LogP contribution < -0.4 is 5.32 Å². The Labute approximate surface area is 185 Å². The number of nitrogens with one attached hydrogen (secondary N) is 1. The lowest BCUT2D eigenvalue weighted by Gasteiger charge is -2.19. The number of likely N-dealkylation sites (tertiary alicyclic amines) is 1. The first kappa shape index (κ1) is 22.0. The number of ether oxygens (including phenoxy) is 2. The van der Waals surface area contributed by atoms with Gasteiger partial charge in [-0.25, -0.2) is 4.79 Å². The maximum absolute atomic E-state index is 12.6. The lowest BCUT2D eigenvalue weighted by molar-refractivity contribution is -0.149. The molecule has 1 saturated heterocycles. The van der Waals surface area contributed by atoms with E-state index in [0.29, 0.717) is 23.1 Å². The molecule has 0 aromatic heterocycles. The van der Waals surface area contributed by atoms with E-state index in [1.54, 1.807) is 19.1 Å². The van der Waals surface area contributed by atoms with Crippen LogP contribution in [0, 0.1) is 23.7 Å². The molecule has 1 aliphatic heterocycles. The van der Waals surface area contributed by atoms with E-state index in [0.717, 1.165) is 19.3 Å². The van der Waals surface area contributed by atoms with Gasteiger partial charge in [0, 0.05) is 12.2 Å². The molecule has 2 bridgehead atoms. The quantitative estimate of drug-likeness (QED) is 0.481. The highest BCUT2D eigenvalue weighted by Gasteiger charge is 2.60. The van der Waals surface area contributed by atoms with E-state index in [4.69, 9.17) is 9.47 Å². The fraction of sp³-hybridized carbons (Fsp3) is 0.522. The summed E-state index contributed by atoms with van der Waals surface area (Å²) in [6.45, 7) is 1.48. The van der Waals surface area contributed by atoms with E-state index >= 15 is 0 Å². The summed E-state index contributed by atoms with van der Waals surface area (Å²) >= 11 is 0. The SMILES string of the molecule is CCOC(=O)c1ccc(NC(=O)COC(=O)CCN2C(=O)[C@@H]3[C@H]4CC[C@@H](C4)[C@H]3C2=O)cc1. The Morgan fingerprint density at radius 3 is 2.22 bits per heavy atom. The molecule has 9 heteroatoms. The molecule has 3 amide bonds. The van der Waals surface area contributed by atoms with Crippen LogP contribution in [0.2, 0.25) is 0 Å². The summed E-state index contributed by atoms with van der Waals surface area (Å²) in [5.74, 6) is -1.79. The standard InChI is InChI=1S/C23H26N2O7/c1-2-31-23(30)13-5-7-16(8-6-13)24-17(26)12-32-18(27)9-10-25-21(28)19-14-3-4-15(11-14)20(19)22(25)29/h5-8,14-15,19-20H,2-4,9-12H2,1H3,(H,24,26)/t14-,15-,19+,20+/m0/s1. The molecular formula is C23H26N2O7. The van der Waals surface area contributed by atoms with Gasteiger partial charge in [-0.05, 0) is 62.3 Å². The average molecular weight is 442 g/mol. The summed E-state index contributed by atoms with van der Waals surface area (Å²) in [7, 11) is 0. The van der Waals surface area contributed by atoms with E-state index in [1.165, 1.54) is 17.0 Å². The smallest absolute Gasteiger partial charge is 0.338 e. The van der Waals surface area contributed by atoms with Gasteiger partial charge in [0.1, 0.15) is 0 Å². The maximum atomic E-state index is 12.6. The first-order valence-corrected chi connectivity index (χ1v) is 11.0. The zero-order valence-electron chi connectivity index (χ0n) is 17.9. The fourth-order valence-corrected chi connectivity index (χ4v) is 5.21. The summed E-state index contributed by atoms with van der Waals surface area (Å²) in [5, 5.41) is 2.56. The molecule has 2 saturated carbocycles. The van der Waals surface area contributed by atoms with Crippen molar-refractivity contribution in [3.05, 3.63) is 29.8 Å². The van der Waals surface area contributed by atoms with E-state index < -0.39 is 24.5 Å². The molecule has 4 atom stereocenters. The van der Waals surface area contributed by atoms with Gasteiger partial charge in [-0.1, -0.05) is 0 Å². The van der Waals surface area contributed by atoms with Gasteiger partial charge in [0.15, 0.2) is 6.61 Å². The van der Waals surface area contributed by atoms with E-state index in [2.05, 4.69) is 5.32 Å². The third-order valence-electron chi connectivity index (χ3n) is 6.60. The van der Waals surface area contributed by atoms with Crippen LogP contribution in [0.15, 0.2) is 24.3 Å². The molecule has 0 radical (unpaired) electrons. The summed E-state index contributed by atoms with van der Waals surface area (Å²) in [6, 6.07) is 6.12. The number of imide groups is 1. The molecule has 0 unspecified atom stereocenters. The Kier molecular flexibility index (Phi) is 6.25. The van der Waals surface area contributed by atoms with Crippen LogP contribution in [0.5, 0.6) is 0 Å². The topological polar surface area (TPSA) is 119 Å². The van der Waals surface area contributed by atoms with Gasteiger partial charge in [-0.2, -0.15) is 0 Å². The highest BCUT2D eigenvalue weighted by Crippen LogP contribution is 2.56.